The molecule has 4 aromatic rings. The second-order valence-electron chi connectivity index (χ2n) is 7.87. The Morgan fingerprint density at radius 3 is 2.18 bits per heavy atom. The van der Waals surface area contributed by atoms with Crippen LogP contribution in [-0.2, 0) is 21.4 Å². The molecular weight excluding hydrogens is 448 g/mol. The normalized spacial score (nSPS) is 13.5. The molecule has 1 heterocycles. The van der Waals surface area contributed by atoms with Crippen LogP contribution >= 0.6 is 0 Å². The zero-order chi connectivity index (χ0) is 23.5. The molecule has 0 saturated heterocycles. The number of rotatable bonds is 6. The summed E-state index contributed by atoms with van der Waals surface area (Å²) in [6, 6.07) is 30.9. The van der Waals surface area contributed by atoms with Gasteiger partial charge in [-0.25, -0.2) is 8.42 Å². The van der Waals surface area contributed by atoms with Crippen molar-refractivity contribution in [2.24, 2.45) is 0 Å². The summed E-state index contributed by atoms with van der Waals surface area (Å²) in [5.41, 5.74) is 3.52. The molecule has 4 aromatic carbocycles. The van der Waals surface area contributed by atoms with Crippen molar-refractivity contribution < 1.29 is 17.9 Å². The molecular formula is C27H22N2O4S. The van der Waals surface area contributed by atoms with Crippen molar-refractivity contribution in [3.63, 3.8) is 0 Å². The SMILES string of the molecule is O=C(CN1c2ccccc2-c2ccccc2S1(=O)=O)Nc1ccc(OCc2ccccc2)cc1. The van der Waals surface area contributed by atoms with Crippen LogP contribution in [0.25, 0.3) is 11.1 Å². The van der Waals surface area contributed by atoms with Gasteiger partial charge in [-0.3, -0.25) is 9.10 Å². The predicted octanol–water partition coefficient (Wildman–Crippen LogP) is 5.08. The first-order valence-electron chi connectivity index (χ1n) is 10.8. The lowest BCUT2D eigenvalue weighted by molar-refractivity contribution is -0.114. The van der Waals surface area contributed by atoms with Crippen molar-refractivity contribution in [1.29, 1.82) is 0 Å². The maximum absolute atomic E-state index is 13.3. The standard InChI is InChI=1S/C27H22N2O4S/c30-27(28-21-14-16-22(17-15-21)33-19-20-8-2-1-3-9-20)18-29-25-12-6-4-10-23(25)24-11-5-7-13-26(24)34(29,31)32/h1-17H,18-19H2,(H,28,30). The highest BCUT2D eigenvalue weighted by Gasteiger charge is 2.35. The van der Waals surface area contributed by atoms with E-state index in [0.29, 0.717) is 29.3 Å². The van der Waals surface area contributed by atoms with Gasteiger partial charge in [0.1, 0.15) is 18.9 Å². The van der Waals surface area contributed by atoms with E-state index in [2.05, 4.69) is 5.32 Å². The van der Waals surface area contributed by atoms with Gasteiger partial charge in [-0.15, -0.1) is 0 Å². The number of carbonyl (C=O) groups excluding carboxylic acids is 1. The van der Waals surface area contributed by atoms with Gasteiger partial charge in [-0.2, -0.15) is 0 Å². The van der Waals surface area contributed by atoms with Gasteiger partial charge in [0.2, 0.25) is 5.91 Å². The highest BCUT2D eigenvalue weighted by Crippen LogP contribution is 2.42. The lowest BCUT2D eigenvalue weighted by Gasteiger charge is -2.31. The Bertz CT molecular complexity index is 1440. The molecule has 1 N–H and O–H groups in total. The number of benzene rings is 4. The molecule has 0 bridgehead atoms. The zero-order valence-corrected chi connectivity index (χ0v) is 19.0. The average molecular weight is 471 g/mol. The smallest absolute Gasteiger partial charge is 0.265 e. The van der Waals surface area contributed by atoms with Crippen molar-refractivity contribution in [3.8, 4) is 16.9 Å². The third kappa shape index (κ3) is 4.25. The molecule has 7 heteroatoms. The summed E-state index contributed by atoms with van der Waals surface area (Å²) >= 11 is 0. The van der Waals surface area contributed by atoms with E-state index >= 15 is 0 Å². The molecule has 170 valence electrons. The number of nitrogens with zero attached hydrogens (tertiary/aromatic N) is 1. The average Bonchev–Trinajstić information content (AvgIpc) is 2.87. The van der Waals surface area contributed by atoms with E-state index in [1.165, 1.54) is 0 Å². The lowest BCUT2D eigenvalue weighted by Crippen LogP contribution is -2.40. The van der Waals surface area contributed by atoms with Gasteiger partial charge in [0.15, 0.2) is 0 Å². The Hall–Kier alpha value is -4.10. The van der Waals surface area contributed by atoms with Crippen LogP contribution in [-0.4, -0.2) is 20.9 Å². The van der Waals surface area contributed by atoms with E-state index in [1.807, 2.05) is 42.5 Å². The second kappa shape index (κ2) is 9.03. The number of sulfonamides is 1. The molecule has 0 fully saturated rings. The number of fused-ring (bicyclic) bond motifs is 3. The molecule has 1 aliphatic heterocycles. The first-order chi connectivity index (χ1) is 16.5. The fourth-order valence-electron chi connectivity index (χ4n) is 3.96. The van der Waals surface area contributed by atoms with Crippen LogP contribution in [0.5, 0.6) is 5.75 Å². The summed E-state index contributed by atoms with van der Waals surface area (Å²) in [5, 5.41) is 2.78. The first kappa shape index (κ1) is 21.7. The molecule has 34 heavy (non-hydrogen) atoms. The van der Waals surface area contributed by atoms with Crippen LogP contribution in [0.2, 0.25) is 0 Å². The summed E-state index contributed by atoms with van der Waals surface area (Å²) in [6.07, 6.45) is 0. The predicted molar refractivity (Wildman–Crippen MR) is 132 cm³/mol. The number of hydrogen-bond acceptors (Lipinski definition) is 4. The van der Waals surface area contributed by atoms with Crippen LogP contribution in [0.4, 0.5) is 11.4 Å². The molecule has 0 saturated carbocycles. The summed E-state index contributed by atoms with van der Waals surface area (Å²) in [5.74, 6) is 0.238. The summed E-state index contributed by atoms with van der Waals surface area (Å²) in [6.45, 7) is 0.111. The highest BCUT2D eigenvalue weighted by atomic mass is 32.2. The number of para-hydroxylation sites is 1. The lowest BCUT2D eigenvalue weighted by atomic mass is 10.0. The number of amides is 1. The van der Waals surface area contributed by atoms with Crippen LogP contribution in [0, 0.1) is 0 Å². The Morgan fingerprint density at radius 2 is 1.41 bits per heavy atom. The Balaban J connectivity index is 1.30. The fourth-order valence-corrected chi connectivity index (χ4v) is 5.61. The van der Waals surface area contributed by atoms with E-state index in [0.717, 1.165) is 15.4 Å². The molecule has 1 aliphatic rings. The minimum atomic E-state index is -3.87. The number of anilines is 2. The molecule has 6 nitrogen and oxygen atoms in total. The van der Waals surface area contributed by atoms with Crippen LogP contribution in [0.15, 0.2) is 108 Å². The second-order valence-corrected chi connectivity index (χ2v) is 9.70. The van der Waals surface area contributed by atoms with Gasteiger partial charge in [0.05, 0.1) is 10.6 Å². The van der Waals surface area contributed by atoms with Crippen LogP contribution < -0.4 is 14.4 Å². The molecule has 0 aromatic heterocycles. The van der Waals surface area contributed by atoms with E-state index in [-0.39, 0.29) is 11.4 Å². The van der Waals surface area contributed by atoms with E-state index in [4.69, 9.17) is 4.74 Å². The Morgan fingerprint density at radius 1 is 0.765 bits per heavy atom. The summed E-state index contributed by atoms with van der Waals surface area (Å²) in [7, 11) is -3.87. The van der Waals surface area contributed by atoms with E-state index < -0.39 is 15.9 Å². The summed E-state index contributed by atoms with van der Waals surface area (Å²) in [4.78, 5) is 13.0. The van der Waals surface area contributed by atoms with E-state index in [9.17, 15) is 13.2 Å². The molecule has 1 amide bonds. The zero-order valence-electron chi connectivity index (χ0n) is 18.2. The monoisotopic (exact) mass is 470 g/mol. The quantitative estimate of drug-likeness (QED) is 0.426. The van der Waals surface area contributed by atoms with Crippen molar-refractivity contribution in [2.75, 3.05) is 16.2 Å². The first-order valence-corrected chi connectivity index (χ1v) is 12.2. The molecule has 0 spiro atoms. The van der Waals surface area contributed by atoms with Gasteiger partial charge in [-0.05, 0) is 42.0 Å². The van der Waals surface area contributed by atoms with Crippen LogP contribution in [0.3, 0.4) is 0 Å². The van der Waals surface area contributed by atoms with E-state index in [1.54, 1.807) is 60.7 Å². The molecule has 0 radical (unpaired) electrons. The topological polar surface area (TPSA) is 75.7 Å². The third-order valence-electron chi connectivity index (χ3n) is 5.59. The van der Waals surface area contributed by atoms with Gasteiger partial charge < -0.3 is 10.1 Å². The van der Waals surface area contributed by atoms with Gasteiger partial charge in [0.25, 0.3) is 10.0 Å². The third-order valence-corrected chi connectivity index (χ3v) is 7.41. The number of nitrogens with one attached hydrogen (secondary N) is 1. The maximum Gasteiger partial charge on any atom is 0.265 e. The van der Waals surface area contributed by atoms with Crippen molar-refractivity contribution in [1.82, 2.24) is 0 Å². The number of hydrogen-bond donors (Lipinski definition) is 1. The largest absolute Gasteiger partial charge is 0.489 e. The highest BCUT2D eigenvalue weighted by molar-refractivity contribution is 7.93. The van der Waals surface area contributed by atoms with Gasteiger partial charge in [-0.1, -0.05) is 66.7 Å². The summed E-state index contributed by atoms with van der Waals surface area (Å²) < 4.78 is 33.6. The van der Waals surface area contributed by atoms with Crippen molar-refractivity contribution >= 4 is 27.3 Å². The fraction of sp³-hybridized carbons (Fsp3) is 0.0741. The van der Waals surface area contributed by atoms with Gasteiger partial charge >= 0.3 is 0 Å². The number of ether oxygens (including phenoxy) is 1. The number of carbonyl (C=O) groups is 1. The molecule has 5 rings (SSSR count). The molecule has 0 atom stereocenters. The molecule has 0 unspecified atom stereocenters. The van der Waals surface area contributed by atoms with Crippen molar-refractivity contribution in [2.45, 2.75) is 11.5 Å². The van der Waals surface area contributed by atoms with Gasteiger partial charge in [0, 0.05) is 16.8 Å². The minimum Gasteiger partial charge on any atom is -0.489 e. The Kier molecular flexibility index (Phi) is 5.77. The maximum atomic E-state index is 13.3. The Labute approximate surface area is 198 Å². The molecule has 0 aliphatic carbocycles. The van der Waals surface area contributed by atoms with Crippen molar-refractivity contribution in [3.05, 3.63) is 109 Å². The minimum absolute atomic E-state index is 0.196. The van der Waals surface area contributed by atoms with Crippen LogP contribution in [0.1, 0.15) is 5.56 Å².